The molecule has 2 rings (SSSR count). The van der Waals surface area contributed by atoms with Crippen molar-refractivity contribution in [3.63, 3.8) is 0 Å². The van der Waals surface area contributed by atoms with E-state index < -0.39 is 5.54 Å². The lowest BCUT2D eigenvalue weighted by Gasteiger charge is -2.22. The van der Waals surface area contributed by atoms with E-state index >= 15 is 0 Å². The molecule has 1 atom stereocenters. The topological polar surface area (TPSA) is 45.0 Å². The first-order valence-electron chi connectivity index (χ1n) is 7.08. The summed E-state index contributed by atoms with van der Waals surface area (Å²) in [6.45, 7) is 5.29. The average Bonchev–Trinajstić information content (AvgIpc) is 2.86. The van der Waals surface area contributed by atoms with Crippen LogP contribution in [0, 0.1) is 11.3 Å². The number of nitrogens with one attached hydrogen (secondary N) is 1. The lowest BCUT2D eigenvalue weighted by atomic mass is 10.0. The number of rotatable bonds is 6. The van der Waals surface area contributed by atoms with Crippen molar-refractivity contribution < 1.29 is 4.74 Å². The number of hydrogen-bond donors (Lipinski definition) is 1. The molecule has 1 aromatic carbocycles. The van der Waals surface area contributed by atoms with Crippen LogP contribution in [0.1, 0.15) is 37.8 Å². The molecule has 0 aliphatic heterocycles. The summed E-state index contributed by atoms with van der Waals surface area (Å²) in [6, 6.07) is 8.68. The molecule has 0 heterocycles. The first kappa shape index (κ1) is 13.9. The Morgan fingerprint density at radius 1 is 1.37 bits per heavy atom. The van der Waals surface area contributed by atoms with Gasteiger partial charge in [-0.1, -0.05) is 13.0 Å². The van der Waals surface area contributed by atoms with Crippen LogP contribution in [0.3, 0.4) is 0 Å². The molecule has 0 radical (unpaired) electrons. The van der Waals surface area contributed by atoms with Gasteiger partial charge in [0.05, 0.1) is 12.7 Å². The van der Waals surface area contributed by atoms with Gasteiger partial charge in [0.1, 0.15) is 11.3 Å². The fraction of sp³-hybridized carbons (Fsp3) is 0.562. The second-order valence-corrected chi connectivity index (χ2v) is 5.36. The number of benzene rings is 1. The fourth-order valence-corrected chi connectivity index (χ4v) is 2.58. The molecule has 1 aliphatic carbocycles. The van der Waals surface area contributed by atoms with Crippen molar-refractivity contribution >= 4 is 0 Å². The number of hydrogen-bond acceptors (Lipinski definition) is 3. The molecule has 3 nitrogen and oxygen atoms in total. The van der Waals surface area contributed by atoms with Gasteiger partial charge in [-0.15, -0.1) is 0 Å². The van der Waals surface area contributed by atoms with Crippen molar-refractivity contribution in [1.82, 2.24) is 5.32 Å². The van der Waals surface area contributed by atoms with Crippen LogP contribution < -0.4 is 10.1 Å². The van der Waals surface area contributed by atoms with E-state index in [1.165, 1.54) is 30.4 Å². The van der Waals surface area contributed by atoms with Gasteiger partial charge in [-0.2, -0.15) is 5.26 Å². The smallest absolute Gasteiger partial charge is 0.119 e. The first-order chi connectivity index (χ1) is 9.17. The molecule has 1 N–H and O–H groups in total. The molecule has 1 aliphatic rings. The van der Waals surface area contributed by atoms with Crippen LogP contribution in [0.25, 0.3) is 0 Å². The summed E-state index contributed by atoms with van der Waals surface area (Å²) in [7, 11) is 0. The summed E-state index contributed by atoms with van der Waals surface area (Å²) < 4.78 is 5.78. The number of fused-ring (bicyclic) bond motifs is 1. The maximum Gasteiger partial charge on any atom is 0.119 e. The van der Waals surface area contributed by atoms with Gasteiger partial charge in [0.2, 0.25) is 0 Å². The highest BCUT2D eigenvalue weighted by Gasteiger charge is 2.22. The largest absolute Gasteiger partial charge is 0.493 e. The van der Waals surface area contributed by atoms with Crippen molar-refractivity contribution in [3.8, 4) is 11.8 Å². The lowest BCUT2D eigenvalue weighted by Crippen LogP contribution is -2.42. The summed E-state index contributed by atoms with van der Waals surface area (Å²) in [5.74, 6) is 0.928. The van der Waals surface area contributed by atoms with Crippen molar-refractivity contribution in [2.24, 2.45) is 0 Å². The van der Waals surface area contributed by atoms with E-state index in [1.807, 2.05) is 19.9 Å². The minimum Gasteiger partial charge on any atom is -0.493 e. The molecule has 0 spiro atoms. The Labute approximate surface area is 115 Å². The van der Waals surface area contributed by atoms with E-state index in [2.05, 4.69) is 23.5 Å². The van der Waals surface area contributed by atoms with Crippen LogP contribution in [0.15, 0.2) is 18.2 Å². The predicted molar refractivity (Wildman–Crippen MR) is 76.3 cm³/mol. The summed E-state index contributed by atoms with van der Waals surface area (Å²) >= 11 is 0. The molecular weight excluding hydrogens is 236 g/mol. The number of nitrogens with zero attached hydrogens (tertiary/aromatic N) is 1. The molecule has 0 bridgehead atoms. The molecule has 3 heteroatoms. The Hall–Kier alpha value is -1.53. The average molecular weight is 258 g/mol. The summed E-state index contributed by atoms with van der Waals surface area (Å²) in [4.78, 5) is 0. The maximum atomic E-state index is 9.17. The second kappa shape index (κ2) is 6.08. The van der Waals surface area contributed by atoms with E-state index in [1.54, 1.807) is 0 Å². The van der Waals surface area contributed by atoms with Crippen molar-refractivity contribution in [3.05, 3.63) is 29.3 Å². The Balaban J connectivity index is 1.88. The van der Waals surface area contributed by atoms with Crippen molar-refractivity contribution in [2.75, 3.05) is 13.2 Å². The second-order valence-electron chi connectivity index (χ2n) is 5.36. The highest BCUT2D eigenvalue weighted by Crippen LogP contribution is 2.26. The Morgan fingerprint density at radius 3 is 2.89 bits per heavy atom. The SMILES string of the molecule is CCNC(C)(C#N)CCOc1ccc2c(c1)CCC2. The zero-order chi connectivity index (χ0) is 13.7. The first-order valence-corrected chi connectivity index (χ1v) is 7.08. The summed E-state index contributed by atoms with van der Waals surface area (Å²) in [5.41, 5.74) is 2.39. The van der Waals surface area contributed by atoms with Gasteiger partial charge in [-0.3, -0.25) is 5.32 Å². The number of nitriles is 1. The summed E-state index contributed by atoms with van der Waals surface area (Å²) in [6.07, 6.45) is 4.31. The van der Waals surface area contributed by atoms with Crippen LogP contribution in [-0.2, 0) is 12.8 Å². The molecule has 0 amide bonds. The van der Waals surface area contributed by atoms with E-state index in [9.17, 15) is 5.26 Å². The van der Waals surface area contributed by atoms with E-state index in [-0.39, 0.29) is 0 Å². The van der Waals surface area contributed by atoms with Gasteiger partial charge in [0.25, 0.3) is 0 Å². The zero-order valence-electron chi connectivity index (χ0n) is 11.8. The van der Waals surface area contributed by atoms with Gasteiger partial charge in [-0.05, 0) is 56.0 Å². The van der Waals surface area contributed by atoms with Crippen LogP contribution >= 0.6 is 0 Å². The molecule has 1 unspecified atom stereocenters. The van der Waals surface area contributed by atoms with Gasteiger partial charge >= 0.3 is 0 Å². The third-order valence-corrected chi connectivity index (χ3v) is 3.75. The fourth-order valence-electron chi connectivity index (χ4n) is 2.58. The molecular formula is C16H22N2O. The number of aryl methyl sites for hydroxylation is 2. The van der Waals surface area contributed by atoms with Gasteiger partial charge in [0, 0.05) is 6.42 Å². The standard InChI is InChI=1S/C16H22N2O/c1-3-18-16(2,12-17)9-10-19-15-8-7-13-5-4-6-14(13)11-15/h7-8,11,18H,3-6,9-10H2,1-2H3. The molecule has 102 valence electrons. The van der Waals surface area contributed by atoms with Gasteiger partial charge < -0.3 is 4.74 Å². The monoisotopic (exact) mass is 258 g/mol. The third-order valence-electron chi connectivity index (χ3n) is 3.75. The van der Waals surface area contributed by atoms with Gasteiger partial charge in [-0.25, -0.2) is 0 Å². The van der Waals surface area contributed by atoms with Crippen LogP contribution in [0.2, 0.25) is 0 Å². The van der Waals surface area contributed by atoms with Crippen LogP contribution in [0.5, 0.6) is 5.75 Å². The maximum absolute atomic E-state index is 9.17. The normalized spacial score (nSPS) is 16.5. The third kappa shape index (κ3) is 3.48. The molecule has 0 saturated carbocycles. The minimum absolute atomic E-state index is 0.495. The zero-order valence-corrected chi connectivity index (χ0v) is 11.8. The predicted octanol–water partition coefficient (Wildman–Crippen LogP) is 2.84. The van der Waals surface area contributed by atoms with Crippen molar-refractivity contribution in [1.29, 1.82) is 5.26 Å². The molecule has 0 saturated heterocycles. The Morgan fingerprint density at radius 2 is 2.16 bits per heavy atom. The molecule has 0 fully saturated rings. The van der Waals surface area contributed by atoms with E-state index in [4.69, 9.17) is 4.74 Å². The minimum atomic E-state index is -0.495. The molecule has 0 aromatic heterocycles. The highest BCUT2D eigenvalue weighted by molar-refractivity contribution is 5.38. The molecule has 19 heavy (non-hydrogen) atoms. The van der Waals surface area contributed by atoms with Gasteiger partial charge in [0.15, 0.2) is 0 Å². The van der Waals surface area contributed by atoms with E-state index in [0.717, 1.165) is 12.3 Å². The van der Waals surface area contributed by atoms with E-state index in [0.29, 0.717) is 13.0 Å². The van der Waals surface area contributed by atoms with Crippen LogP contribution in [-0.4, -0.2) is 18.7 Å². The highest BCUT2D eigenvalue weighted by atomic mass is 16.5. The number of ether oxygens (including phenoxy) is 1. The summed E-state index contributed by atoms with van der Waals surface area (Å²) in [5, 5.41) is 12.4. The Bertz CT molecular complexity index is 478. The van der Waals surface area contributed by atoms with Crippen LogP contribution in [0.4, 0.5) is 0 Å². The lowest BCUT2D eigenvalue weighted by molar-refractivity contribution is 0.268. The Kier molecular flexibility index (Phi) is 4.44. The molecule has 1 aromatic rings. The van der Waals surface area contributed by atoms with Crippen molar-refractivity contribution in [2.45, 2.75) is 45.1 Å². The quantitative estimate of drug-likeness (QED) is 0.853.